The summed E-state index contributed by atoms with van der Waals surface area (Å²) in [5.41, 5.74) is 4.88. The van der Waals surface area contributed by atoms with E-state index < -0.39 is 22.6 Å². The van der Waals surface area contributed by atoms with Crippen LogP contribution in [0.25, 0.3) is 17.0 Å². The van der Waals surface area contributed by atoms with Gasteiger partial charge in [-0.3, -0.25) is 18.7 Å². The van der Waals surface area contributed by atoms with E-state index in [9.17, 15) is 19.6 Å². The first-order valence-corrected chi connectivity index (χ1v) is 8.54. The van der Waals surface area contributed by atoms with Gasteiger partial charge in [0, 0.05) is 31.5 Å². The molecule has 3 rings (SSSR count). The van der Waals surface area contributed by atoms with Crippen molar-refractivity contribution < 1.29 is 9.21 Å². The van der Waals surface area contributed by atoms with Gasteiger partial charge in [-0.25, -0.2) is 4.79 Å². The van der Waals surface area contributed by atoms with Crippen molar-refractivity contribution in [2.24, 2.45) is 14.1 Å². The van der Waals surface area contributed by atoms with E-state index in [0.29, 0.717) is 23.3 Å². The Bertz CT molecular complexity index is 1300. The lowest BCUT2D eigenvalue weighted by Crippen LogP contribution is -2.41. The summed E-state index contributed by atoms with van der Waals surface area (Å²) < 4.78 is 7.55. The number of benzene rings is 1. The number of allylic oxidation sites excluding steroid dienone is 1. The predicted molar refractivity (Wildman–Crippen MR) is 105 cm³/mol. The number of nitrogens with zero attached hydrogens (tertiary/aromatic N) is 3. The van der Waals surface area contributed by atoms with Crippen LogP contribution in [0.3, 0.4) is 0 Å². The van der Waals surface area contributed by atoms with Gasteiger partial charge in [-0.05, 0) is 12.1 Å². The van der Waals surface area contributed by atoms with Gasteiger partial charge in [0.25, 0.3) is 5.56 Å². The van der Waals surface area contributed by atoms with E-state index >= 15 is 0 Å². The fraction of sp³-hybridized carbons (Fsp3) is 0.200. The largest absolute Gasteiger partial charge is 0.460 e. The van der Waals surface area contributed by atoms with Gasteiger partial charge in [0.05, 0.1) is 0 Å². The van der Waals surface area contributed by atoms with E-state index in [1.807, 2.05) is 31.2 Å². The Morgan fingerprint density at radius 3 is 2.57 bits per heavy atom. The van der Waals surface area contributed by atoms with Crippen LogP contribution in [-0.4, -0.2) is 14.9 Å². The molecule has 2 N–H and O–H groups in total. The smallest absolute Gasteiger partial charge is 0.332 e. The summed E-state index contributed by atoms with van der Waals surface area (Å²) in [5, 5.41) is 10.3. The second-order valence-electron chi connectivity index (χ2n) is 6.25. The molecule has 0 bridgehead atoms. The maximum absolute atomic E-state index is 13.0. The molecule has 8 nitrogen and oxygen atoms in total. The first-order chi connectivity index (χ1) is 13.3. The quantitative estimate of drug-likeness (QED) is 0.419. The number of hydrogen-bond donors (Lipinski definition) is 1. The molecule has 0 aliphatic carbocycles. The third-order valence-electron chi connectivity index (χ3n) is 4.62. The number of aromatic nitrogens is 2. The molecule has 2 heterocycles. The van der Waals surface area contributed by atoms with Crippen molar-refractivity contribution in [2.75, 3.05) is 5.73 Å². The highest BCUT2D eigenvalue weighted by Gasteiger charge is 2.24. The number of anilines is 1. The predicted octanol–water partition coefficient (Wildman–Crippen LogP) is 1.76. The highest BCUT2D eigenvalue weighted by molar-refractivity contribution is 6.16. The number of fused-ring (bicyclic) bond motifs is 1. The monoisotopic (exact) mass is 378 g/mol. The van der Waals surface area contributed by atoms with Crippen molar-refractivity contribution in [3.63, 3.8) is 0 Å². The summed E-state index contributed by atoms with van der Waals surface area (Å²) in [5.74, 6) is -0.515. The van der Waals surface area contributed by atoms with E-state index in [-0.39, 0.29) is 11.4 Å². The van der Waals surface area contributed by atoms with Crippen LogP contribution >= 0.6 is 0 Å². The number of para-hydroxylation sites is 1. The van der Waals surface area contributed by atoms with Crippen LogP contribution in [-0.2, 0) is 20.5 Å². The maximum atomic E-state index is 13.0. The SMILES string of the molecule is CCc1oc2ccccc2c1/C=C(\C#N)C(=O)c1c(N)n(C)c(=O)n(C)c1=O. The number of nitrogens with two attached hydrogens (primary N) is 1. The molecule has 8 heteroatoms. The fourth-order valence-electron chi connectivity index (χ4n) is 3.04. The minimum atomic E-state index is -0.848. The molecule has 0 saturated heterocycles. The fourth-order valence-corrected chi connectivity index (χ4v) is 3.04. The molecule has 0 aliphatic rings. The van der Waals surface area contributed by atoms with E-state index in [2.05, 4.69) is 0 Å². The second kappa shape index (κ2) is 7.04. The molecule has 1 aromatic carbocycles. The lowest BCUT2D eigenvalue weighted by atomic mass is 10.0. The van der Waals surface area contributed by atoms with Crippen LogP contribution in [0, 0.1) is 11.3 Å². The van der Waals surface area contributed by atoms with Crippen molar-refractivity contribution >= 4 is 28.6 Å². The number of carbonyl (C=O) groups excluding carboxylic acids is 1. The Morgan fingerprint density at radius 2 is 1.93 bits per heavy atom. The van der Waals surface area contributed by atoms with Crippen LogP contribution in [0.2, 0.25) is 0 Å². The molecule has 0 fully saturated rings. The van der Waals surface area contributed by atoms with E-state index in [4.69, 9.17) is 10.2 Å². The first kappa shape index (κ1) is 18.9. The van der Waals surface area contributed by atoms with Crippen molar-refractivity contribution in [3.8, 4) is 6.07 Å². The van der Waals surface area contributed by atoms with Crippen molar-refractivity contribution in [3.05, 3.63) is 67.6 Å². The summed E-state index contributed by atoms with van der Waals surface area (Å²) in [7, 11) is 2.60. The number of carbonyl (C=O) groups is 1. The highest BCUT2D eigenvalue weighted by Crippen LogP contribution is 2.29. The van der Waals surface area contributed by atoms with Crippen LogP contribution in [0.5, 0.6) is 0 Å². The van der Waals surface area contributed by atoms with Crippen LogP contribution in [0.1, 0.15) is 28.6 Å². The van der Waals surface area contributed by atoms with Crippen molar-refractivity contribution in [1.29, 1.82) is 5.26 Å². The maximum Gasteiger partial charge on any atom is 0.332 e. The summed E-state index contributed by atoms with van der Waals surface area (Å²) in [6.45, 7) is 1.89. The summed E-state index contributed by atoms with van der Waals surface area (Å²) in [6, 6.07) is 9.10. The molecule has 2 aromatic heterocycles. The number of hydrogen-bond acceptors (Lipinski definition) is 6. The number of aryl methyl sites for hydroxylation is 1. The Kier molecular flexibility index (Phi) is 4.76. The molecule has 0 saturated carbocycles. The van der Waals surface area contributed by atoms with Crippen LogP contribution in [0.15, 0.2) is 43.8 Å². The van der Waals surface area contributed by atoms with Crippen LogP contribution in [0.4, 0.5) is 5.82 Å². The van der Waals surface area contributed by atoms with Gasteiger partial charge in [0.2, 0.25) is 5.78 Å². The molecular formula is C20H18N4O4. The van der Waals surface area contributed by atoms with E-state index in [0.717, 1.165) is 14.5 Å². The summed E-state index contributed by atoms with van der Waals surface area (Å²) in [4.78, 5) is 37.4. The van der Waals surface area contributed by atoms with E-state index in [1.54, 1.807) is 6.07 Å². The molecule has 0 unspecified atom stereocenters. The average Bonchev–Trinajstić information content (AvgIpc) is 3.06. The van der Waals surface area contributed by atoms with Gasteiger partial charge in [-0.15, -0.1) is 0 Å². The molecule has 0 atom stereocenters. The van der Waals surface area contributed by atoms with Gasteiger partial charge in [-0.1, -0.05) is 25.1 Å². The Hall–Kier alpha value is -3.86. The Balaban J connectivity index is 2.25. The van der Waals surface area contributed by atoms with Gasteiger partial charge >= 0.3 is 5.69 Å². The zero-order chi connectivity index (χ0) is 20.6. The molecule has 142 valence electrons. The van der Waals surface area contributed by atoms with Gasteiger partial charge in [0.1, 0.15) is 34.4 Å². The number of Topliss-reactive ketones (excluding diaryl/α,β-unsaturated/α-hetero) is 1. The van der Waals surface area contributed by atoms with E-state index in [1.165, 1.54) is 20.2 Å². The molecular weight excluding hydrogens is 360 g/mol. The lowest BCUT2D eigenvalue weighted by molar-refractivity contribution is 0.103. The number of rotatable bonds is 4. The summed E-state index contributed by atoms with van der Waals surface area (Å²) >= 11 is 0. The average molecular weight is 378 g/mol. The zero-order valence-electron chi connectivity index (χ0n) is 15.6. The molecule has 0 amide bonds. The topological polar surface area (TPSA) is 124 Å². The molecule has 0 aliphatic heterocycles. The normalized spacial score (nSPS) is 11.6. The van der Waals surface area contributed by atoms with Crippen LogP contribution < -0.4 is 17.0 Å². The molecule has 0 spiro atoms. The standard InChI is InChI=1S/C20H18N4O4/c1-4-14-13(12-7-5-6-8-15(12)28-14)9-11(10-21)17(25)16-18(22)23(2)20(27)24(3)19(16)26/h5-9H,4,22H2,1-3H3/b11-9+. The zero-order valence-corrected chi connectivity index (χ0v) is 15.6. The first-order valence-electron chi connectivity index (χ1n) is 8.54. The van der Waals surface area contributed by atoms with Gasteiger partial charge in [0.15, 0.2) is 0 Å². The number of nitrogen functional groups attached to an aromatic ring is 1. The third kappa shape index (κ3) is 2.83. The minimum Gasteiger partial charge on any atom is -0.460 e. The van der Waals surface area contributed by atoms with Gasteiger partial charge < -0.3 is 10.2 Å². The highest BCUT2D eigenvalue weighted by atomic mass is 16.3. The number of ketones is 1. The third-order valence-corrected chi connectivity index (χ3v) is 4.62. The lowest BCUT2D eigenvalue weighted by Gasteiger charge is -2.10. The molecule has 3 aromatic rings. The summed E-state index contributed by atoms with van der Waals surface area (Å²) in [6.07, 6.45) is 1.95. The van der Waals surface area contributed by atoms with Crippen molar-refractivity contribution in [2.45, 2.75) is 13.3 Å². The Labute approximate surface area is 159 Å². The minimum absolute atomic E-state index is 0.274. The Morgan fingerprint density at radius 1 is 1.25 bits per heavy atom. The number of nitriles is 1. The van der Waals surface area contributed by atoms with Gasteiger partial charge in [-0.2, -0.15) is 5.26 Å². The second-order valence-corrected chi connectivity index (χ2v) is 6.25. The molecule has 28 heavy (non-hydrogen) atoms. The molecule has 0 radical (unpaired) electrons. The number of furan rings is 1. The van der Waals surface area contributed by atoms with Crippen molar-refractivity contribution in [1.82, 2.24) is 9.13 Å².